The largest absolute Gasteiger partial charge is 0.506 e. The molecule has 1 aromatic rings. The molecule has 1 aromatic carbocycles. The van der Waals surface area contributed by atoms with E-state index >= 15 is 0 Å². The maximum absolute atomic E-state index is 11.8. The molecule has 0 aliphatic carbocycles. The number of aromatic hydroxyl groups is 1. The van der Waals surface area contributed by atoms with Crippen LogP contribution in [0.1, 0.15) is 26.2 Å². The molecule has 1 rings (SSSR count). The number of nitrogens with two attached hydrogens (primary N) is 1. The number of hydrogen-bond acceptors (Lipinski definition) is 4. The van der Waals surface area contributed by atoms with Gasteiger partial charge in [-0.05, 0) is 18.6 Å². The standard InChI is InChI=1S/C13H20N2O3/c1-3-4-5-10(14)13(17)15-11-8-9(18-2)6-7-12(11)16/h6-8,10,16H,3-5,14H2,1-2H3,(H,15,17)/t10-/m0/s1. The van der Waals surface area contributed by atoms with E-state index in [0.29, 0.717) is 17.9 Å². The zero-order valence-corrected chi connectivity index (χ0v) is 10.8. The smallest absolute Gasteiger partial charge is 0.241 e. The van der Waals surface area contributed by atoms with Crippen molar-refractivity contribution >= 4 is 11.6 Å². The molecule has 100 valence electrons. The number of hydrogen-bond donors (Lipinski definition) is 3. The SMILES string of the molecule is CCCC[C@H](N)C(=O)Nc1cc(OC)ccc1O. The molecule has 0 saturated heterocycles. The topological polar surface area (TPSA) is 84.6 Å². The average molecular weight is 252 g/mol. The third kappa shape index (κ3) is 3.92. The lowest BCUT2D eigenvalue weighted by atomic mass is 10.1. The molecule has 5 heteroatoms. The Hall–Kier alpha value is -1.75. The van der Waals surface area contributed by atoms with Gasteiger partial charge >= 0.3 is 0 Å². The first-order chi connectivity index (χ1) is 8.58. The van der Waals surface area contributed by atoms with Gasteiger partial charge in [0.1, 0.15) is 11.5 Å². The molecule has 0 aliphatic rings. The molecule has 1 amide bonds. The minimum atomic E-state index is -0.560. The van der Waals surface area contributed by atoms with E-state index < -0.39 is 6.04 Å². The van der Waals surface area contributed by atoms with Crippen LogP contribution in [0, 0.1) is 0 Å². The second-order valence-corrected chi connectivity index (χ2v) is 4.12. The Morgan fingerprint density at radius 1 is 1.56 bits per heavy atom. The maximum atomic E-state index is 11.8. The van der Waals surface area contributed by atoms with Crippen LogP contribution in [0.15, 0.2) is 18.2 Å². The van der Waals surface area contributed by atoms with Gasteiger partial charge in [0.25, 0.3) is 0 Å². The van der Waals surface area contributed by atoms with Gasteiger partial charge < -0.3 is 20.9 Å². The van der Waals surface area contributed by atoms with Crippen LogP contribution in [0.3, 0.4) is 0 Å². The van der Waals surface area contributed by atoms with E-state index in [9.17, 15) is 9.90 Å². The van der Waals surface area contributed by atoms with Crippen molar-refractivity contribution in [2.75, 3.05) is 12.4 Å². The summed E-state index contributed by atoms with van der Waals surface area (Å²) in [5, 5.41) is 12.2. The Labute approximate surface area is 107 Å². The summed E-state index contributed by atoms with van der Waals surface area (Å²) in [6, 6.07) is 4.07. The number of anilines is 1. The first-order valence-corrected chi connectivity index (χ1v) is 6.02. The Kier molecular flexibility index (Phi) is 5.45. The lowest BCUT2D eigenvalue weighted by molar-refractivity contribution is -0.117. The summed E-state index contributed by atoms with van der Waals surface area (Å²) < 4.78 is 5.02. The van der Waals surface area contributed by atoms with E-state index in [1.807, 2.05) is 6.92 Å². The molecule has 1 atom stereocenters. The summed E-state index contributed by atoms with van der Waals surface area (Å²) in [6.07, 6.45) is 2.52. The molecule has 0 fully saturated rings. The van der Waals surface area contributed by atoms with Crippen molar-refractivity contribution in [1.82, 2.24) is 0 Å². The molecule has 18 heavy (non-hydrogen) atoms. The molecular formula is C13H20N2O3. The van der Waals surface area contributed by atoms with Crippen LogP contribution in [0.2, 0.25) is 0 Å². The van der Waals surface area contributed by atoms with E-state index in [4.69, 9.17) is 10.5 Å². The van der Waals surface area contributed by atoms with Gasteiger partial charge in [0.2, 0.25) is 5.91 Å². The number of unbranched alkanes of at least 4 members (excludes halogenated alkanes) is 1. The zero-order chi connectivity index (χ0) is 13.5. The summed E-state index contributed by atoms with van der Waals surface area (Å²) in [5.41, 5.74) is 6.06. The number of nitrogens with one attached hydrogen (secondary N) is 1. The fourth-order valence-electron chi connectivity index (χ4n) is 1.52. The minimum Gasteiger partial charge on any atom is -0.506 e. The Bertz CT molecular complexity index is 407. The highest BCUT2D eigenvalue weighted by atomic mass is 16.5. The van der Waals surface area contributed by atoms with E-state index in [0.717, 1.165) is 12.8 Å². The van der Waals surface area contributed by atoms with E-state index in [1.54, 1.807) is 12.1 Å². The molecular weight excluding hydrogens is 232 g/mol. The van der Waals surface area contributed by atoms with E-state index in [2.05, 4.69) is 5.32 Å². The number of ether oxygens (including phenoxy) is 1. The van der Waals surface area contributed by atoms with E-state index in [1.165, 1.54) is 13.2 Å². The molecule has 0 heterocycles. The first kappa shape index (κ1) is 14.3. The molecule has 0 aliphatic heterocycles. The van der Waals surface area contributed by atoms with Crippen LogP contribution in [-0.2, 0) is 4.79 Å². The predicted molar refractivity (Wildman–Crippen MR) is 70.8 cm³/mol. The summed E-state index contributed by atoms with van der Waals surface area (Å²) in [6.45, 7) is 2.04. The number of phenols is 1. The normalized spacial score (nSPS) is 11.9. The van der Waals surface area contributed by atoms with E-state index in [-0.39, 0.29) is 11.7 Å². The first-order valence-electron chi connectivity index (χ1n) is 6.02. The van der Waals surface area contributed by atoms with Gasteiger partial charge in [0.05, 0.1) is 18.8 Å². The Morgan fingerprint density at radius 3 is 2.89 bits per heavy atom. The lowest BCUT2D eigenvalue weighted by Crippen LogP contribution is -2.35. The van der Waals surface area contributed by atoms with Gasteiger partial charge in [-0.15, -0.1) is 0 Å². The van der Waals surface area contributed by atoms with Crippen LogP contribution < -0.4 is 15.8 Å². The fourth-order valence-corrected chi connectivity index (χ4v) is 1.52. The Balaban J connectivity index is 2.68. The lowest BCUT2D eigenvalue weighted by Gasteiger charge is -2.13. The monoisotopic (exact) mass is 252 g/mol. The molecule has 4 N–H and O–H groups in total. The van der Waals surface area contributed by atoms with Crippen molar-refractivity contribution in [3.63, 3.8) is 0 Å². The third-order valence-corrected chi connectivity index (χ3v) is 2.67. The van der Waals surface area contributed by atoms with Crippen LogP contribution in [0.25, 0.3) is 0 Å². The van der Waals surface area contributed by atoms with Gasteiger partial charge in [-0.1, -0.05) is 19.8 Å². The quantitative estimate of drug-likeness (QED) is 0.675. The van der Waals surface area contributed by atoms with Gasteiger partial charge in [-0.25, -0.2) is 0 Å². The number of carbonyl (C=O) groups is 1. The minimum absolute atomic E-state index is 0.00755. The summed E-state index contributed by atoms with van der Waals surface area (Å²) in [7, 11) is 1.52. The number of methoxy groups -OCH3 is 1. The van der Waals surface area contributed by atoms with Gasteiger partial charge in [0, 0.05) is 6.07 Å². The van der Waals surface area contributed by atoms with Crippen molar-refractivity contribution in [1.29, 1.82) is 0 Å². The molecule has 5 nitrogen and oxygen atoms in total. The number of carbonyl (C=O) groups excluding carboxylic acids is 1. The summed E-state index contributed by atoms with van der Waals surface area (Å²) in [5.74, 6) is 0.254. The molecule has 0 spiro atoms. The second-order valence-electron chi connectivity index (χ2n) is 4.12. The van der Waals surface area contributed by atoms with Crippen molar-refractivity contribution in [2.24, 2.45) is 5.73 Å². The third-order valence-electron chi connectivity index (χ3n) is 2.67. The molecule has 0 radical (unpaired) electrons. The fraction of sp³-hybridized carbons (Fsp3) is 0.462. The highest BCUT2D eigenvalue weighted by molar-refractivity contribution is 5.96. The van der Waals surface area contributed by atoms with Crippen molar-refractivity contribution in [2.45, 2.75) is 32.2 Å². The average Bonchev–Trinajstić information content (AvgIpc) is 2.38. The summed E-state index contributed by atoms with van der Waals surface area (Å²) in [4.78, 5) is 11.8. The van der Waals surface area contributed by atoms with Crippen molar-refractivity contribution in [3.8, 4) is 11.5 Å². The molecule has 0 saturated carbocycles. The van der Waals surface area contributed by atoms with Crippen LogP contribution in [0.4, 0.5) is 5.69 Å². The number of benzene rings is 1. The highest BCUT2D eigenvalue weighted by Gasteiger charge is 2.14. The summed E-state index contributed by atoms with van der Waals surface area (Å²) >= 11 is 0. The van der Waals surface area contributed by atoms with Crippen molar-refractivity contribution < 1.29 is 14.6 Å². The number of rotatable bonds is 6. The molecule has 0 unspecified atom stereocenters. The maximum Gasteiger partial charge on any atom is 0.241 e. The number of amides is 1. The van der Waals surface area contributed by atoms with Crippen LogP contribution >= 0.6 is 0 Å². The number of phenolic OH excluding ortho intramolecular Hbond substituents is 1. The second kappa shape index (κ2) is 6.86. The van der Waals surface area contributed by atoms with Crippen LogP contribution in [-0.4, -0.2) is 24.2 Å². The predicted octanol–water partition coefficient (Wildman–Crippen LogP) is 1.86. The molecule has 0 aromatic heterocycles. The van der Waals surface area contributed by atoms with Gasteiger partial charge in [-0.2, -0.15) is 0 Å². The van der Waals surface area contributed by atoms with Gasteiger partial charge in [-0.3, -0.25) is 4.79 Å². The zero-order valence-electron chi connectivity index (χ0n) is 10.8. The highest BCUT2D eigenvalue weighted by Crippen LogP contribution is 2.27. The van der Waals surface area contributed by atoms with Gasteiger partial charge in [0.15, 0.2) is 0 Å². The van der Waals surface area contributed by atoms with Crippen LogP contribution in [0.5, 0.6) is 11.5 Å². The van der Waals surface area contributed by atoms with Crippen molar-refractivity contribution in [3.05, 3.63) is 18.2 Å². The Morgan fingerprint density at radius 2 is 2.28 bits per heavy atom. The molecule has 0 bridgehead atoms.